The molecule has 0 aromatic carbocycles. The summed E-state index contributed by atoms with van der Waals surface area (Å²) in [5.41, 5.74) is 6.41. The van der Waals surface area contributed by atoms with E-state index >= 15 is 0 Å². The molecule has 0 bridgehead atoms. The fourth-order valence-electron chi connectivity index (χ4n) is 0.872. The number of hydrogen-bond donors (Lipinski definition) is 2. The third-order valence-electron chi connectivity index (χ3n) is 1.59. The number of pyridine rings is 1. The molecular weight excluding hydrogens is 227 g/mol. The van der Waals surface area contributed by atoms with Gasteiger partial charge in [0.1, 0.15) is 0 Å². The van der Waals surface area contributed by atoms with Gasteiger partial charge in [-0.3, -0.25) is 0 Å². The van der Waals surface area contributed by atoms with Crippen molar-refractivity contribution in [2.24, 2.45) is 5.73 Å². The van der Waals surface area contributed by atoms with Gasteiger partial charge in [0.15, 0.2) is 0 Å². The van der Waals surface area contributed by atoms with Crippen LogP contribution in [0.5, 0.6) is 5.88 Å². The second-order valence-corrected chi connectivity index (χ2v) is 2.42. The average molecular weight is 241 g/mol. The van der Waals surface area contributed by atoms with Crippen molar-refractivity contribution in [3.63, 3.8) is 0 Å². The molecule has 0 fully saturated rings. The molecule has 1 atom stereocenters. The number of methoxy groups -OCH3 is 1. The average Bonchev–Trinajstić information content (AvgIpc) is 2.17. The SMILES string of the molecule is COc1cc(C(N)CO)ccn1.Cl.Cl. The van der Waals surface area contributed by atoms with E-state index in [0.717, 1.165) is 5.56 Å². The van der Waals surface area contributed by atoms with Gasteiger partial charge in [0, 0.05) is 12.3 Å². The first kappa shape index (κ1) is 15.9. The van der Waals surface area contributed by atoms with Crippen LogP contribution in [0, 0.1) is 0 Å². The lowest BCUT2D eigenvalue weighted by Crippen LogP contribution is -2.14. The Hall–Kier alpha value is -0.550. The summed E-state index contributed by atoms with van der Waals surface area (Å²) in [6, 6.07) is 3.10. The summed E-state index contributed by atoms with van der Waals surface area (Å²) in [6.45, 7) is -0.0762. The van der Waals surface area contributed by atoms with Crippen LogP contribution in [0.15, 0.2) is 18.3 Å². The highest BCUT2D eigenvalue weighted by molar-refractivity contribution is 5.85. The van der Waals surface area contributed by atoms with Gasteiger partial charge in [-0.25, -0.2) is 4.98 Å². The van der Waals surface area contributed by atoms with Crippen molar-refractivity contribution in [2.45, 2.75) is 6.04 Å². The van der Waals surface area contributed by atoms with E-state index in [9.17, 15) is 0 Å². The topological polar surface area (TPSA) is 68.4 Å². The number of nitrogens with two attached hydrogens (primary N) is 1. The first-order chi connectivity index (χ1) is 5.77. The zero-order chi connectivity index (χ0) is 8.97. The molecular formula is C8H14Cl2N2O2. The molecule has 0 saturated carbocycles. The summed E-state index contributed by atoms with van der Waals surface area (Å²) >= 11 is 0. The molecule has 0 aliphatic carbocycles. The molecule has 14 heavy (non-hydrogen) atoms. The van der Waals surface area contributed by atoms with E-state index in [-0.39, 0.29) is 37.5 Å². The highest BCUT2D eigenvalue weighted by Gasteiger charge is 2.04. The van der Waals surface area contributed by atoms with Crippen molar-refractivity contribution in [1.82, 2.24) is 4.98 Å². The number of hydrogen-bond acceptors (Lipinski definition) is 4. The molecule has 0 spiro atoms. The Bertz CT molecular complexity index is 261. The lowest BCUT2D eigenvalue weighted by molar-refractivity contribution is 0.267. The molecule has 1 aromatic rings. The largest absolute Gasteiger partial charge is 0.481 e. The van der Waals surface area contributed by atoms with Crippen molar-refractivity contribution in [3.8, 4) is 5.88 Å². The van der Waals surface area contributed by atoms with E-state index in [0.29, 0.717) is 5.88 Å². The Kier molecular flexibility index (Phi) is 8.88. The summed E-state index contributed by atoms with van der Waals surface area (Å²) in [7, 11) is 1.54. The number of aliphatic hydroxyl groups is 1. The molecule has 1 heterocycles. The molecule has 1 aromatic heterocycles. The third kappa shape index (κ3) is 4.11. The third-order valence-corrected chi connectivity index (χ3v) is 1.59. The Morgan fingerprint density at radius 2 is 2.21 bits per heavy atom. The fourth-order valence-corrected chi connectivity index (χ4v) is 0.872. The highest BCUT2D eigenvalue weighted by Crippen LogP contribution is 2.13. The maximum absolute atomic E-state index is 8.77. The number of ether oxygens (including phenoxy) is 1. The molecule has 0 radical (unpaired) electrons. The van der Waals surface area contributed by atoms with Crippen LogP contribution in [0.1, 0.15) is 11.6 Å². The molecule has 3 N–H and O–H groups in total. The van der Waals surface area contributed by atoms with Gasteiger partial charge >= 0.3 is 0 Å². The minimum Gasteiger partial charge on any atom is -0.481 e. The molecule has 0 aliphatic rings. The van der Waals surface area contributed by atoms with Crippen molar-refractivity contribution in [2.75, 3.05) is 13.7 Å². The normalized spacial score (nSPS) is 10.8. The van der Waals surface area contributed by atoms with Crippen molar-refractivity contribution >= 4 is 24.8 Å². The Labute approximate surface area is 95.3 Å². The Morgan fingerprint density at radius 3 is 2.71 bits per heavy atom. The van der Waals surface area contributed by atoms with Crippen LogP contribution in [-0.4, -0.2) is 23.8 Å². The van der Waals surface area contributed by atoms with E-state index in [1.807, 2.05) is 0 Å². The minimum absolute atomic E-state index is 0. The van der Waals surface area contributed by atoms with Crippen LogP contribution in [0.25, 0.3) is 0 Å². The first-order valence-electron chi connectivity index (χ1n) is 3.64. The molecule has 6 heteroatoms. The van der Waals surface area contributed by atoms with Crippen molar-refractivity contribution in [1.29, 1.82) is 0 Å². The second-order valence-electron chi connectivity index (χ2n) is 2.42. The van der Waals surface area contributed by atoms with Crippen LogP contribution in [0.2, 0.25) is 0 Å². The number of aromatic nitrogens is 1. The highest BCUT2D eigenvalue weighted by atomic mass is 35.5. The molecule has 1 unspecified atom stereocenters. The van der Waals surface area contributed by atoms with E-state index < -0.39 is 0 Å². The van der Waals surface area contributed by atoms with Gasteiger partial charge in [-0.2, -0.15) is 0 Å². The molecule has 0 amide bonds. The predicted molar refractivity (Wildman–Crippen MR) is 59.3 cm³/mol. The zero-order valence-electron chi connectivity index (χ0n) is 7.71. The van der Waals surface area contributed by atoms with Crippen molar-refractivity contribution in [3.05, 3.63) is 23.9 Å². The van der Waals surface area contributed by atoms with Gasteiger partial charge < -0.3 is 15.6 Å². The van der Waals surface area contributed by atoms with E-state index in [1.54, 1.807) is 18.3 Å². The molecule has 4 nitrogen and oxygen atoms in total. The van der Waals surface area contributed by atoms with E-state index in [2.05, 4.69) is 4.98 Å². The van der Waals surface area contributed by atoms with Gasteiger partial charge in [0.25, 0.3) is 0 Å². The standard InChI is InChI=1S/C8H12N2O2.2ClH/c1-12-8-4-6(2-3-10-8)7(9)5-11;;/h2-4,7,11H,5,9H2,1H3;2*1H. The molecule has 82 valence electrons. The van der Waals surface area contributed by atoms with Gasteiger partial charge in [-0.05, 0) is 11.6 Å². The van der Waals surface area contributed by atoms with Crippen LogP contribution in [0.3, 0.4) is 0 Å². The fraction of sp³-hybridized carbons (Fsp3) is 0.375. The van der Waals surface area contributed by atoms with Crippen LogP contribution < -0.4 is 10.5 Å². The van der Waals surface area contributed by atoms with Gasteiger partial charge in [-0.1, -0.05) is 0 Å². The summed E-state index contributed by atoms with van der Waals surface area (Å²) in [5.74, 6) is 0.511. The molecule has 0 aliphatic heterocycles. The van der Waals surface area contributed by atoms with Crippen LogP contribution in [0.4, 0.5) is 0 Å². The number of rotatable bonds is 3. The van der Waals surface area contributed by atoms with Gasteiger partial charge in [0.2, 0.25) is 5.88 Å². The second kappa shape index (κ2) is 7.82. The zero-order valence-corrected chi connectivity index (χ0v) is 9.35. The van der Waals surface area contributed by atoms with Crippen molar-refractivity contribution < 1.29 is 9.84 Å². The molecule has 0 saturated heterocycles. The number of halogens is 2. The van der Waals surface area contributed by atoms with Crippen LogP contribution in [-0.2, 0) is 0 Å². The maximum atomic E-state index is 8.77. The minimum atomic E-state index is -0.359. The van der Waals surface area contributed by atoms with Gasteiger partial charge in [0.05, 0.1) is 19.8 Å². The van der Waals surface area contributed by atoms with E-state index in [1.165, 1.54) is 7.11 Å². The predicted octanol–water partition coefficient (Wildman–Crippen LogP) is 0.926. The molecule has 1 rings (SSSR count). The summed E-state index contributed by atoms with van der Waals surface area (Å²) < 4.78 is 4.90. The quantitative estimate of drug-likeness (QED) is 0.825. The van der Waals surface area contributed by atoms with Crippen LogP contribution >= 0.6 is 24.8 Å². The smallest absolute Gasteiger partial charge is 0.213 e. The lowest BCUT2D eigenvalue weighted by Gasteiger charge is -2.08. The van der Waals surface area contributed by atoms with Gasteiger partial charge in [-0.15, -0.1) is 24.8 Å². The first-order valence-corrected chi connectivity index (χ1v) is 3.64. The summed E-state index contributed by atoms with van der Waals surface area (Å²) in [6.07, 6.45) is 1.60. The maximum Gasteiger partial charge on any atom is 0.213 e. The Balaban J connectivity index is 0. The lowest BCUT2D eigenvalue weighted by atomic mass is 10.1. The number of aliphatic hydroxyl groups excluding tert-OH is 1. The summed E-state index contributed by atoms with van der Waals surface area (Å²) in [4.78, 5) is 3.92. The number of nitrogens with zero attached hydrogens (tertiary/aromatic N) is 1. The Morgan fingerprint density at radius 1 is 1.57 bits per heavy atom. The van der Waals surface area contributed by atoms with E-state index in [4.69, 9.17) is 15.6 Å². The summed E-state index contributed by atoms with van der Waals surface area (Å²) in [5, 5.41) is 8.77. The monoisotopic (exact) mass is 240 g/mol.